The van der Waals surface area contributed by atoms with E-state index >= 15 is 0 Å². The molecule has 0 unspecified atom stereocenters. The van der Waals surface area contributed by atoms with Crippen LogP contribution in [0, 0.1) is 4.77 Å². The summed E-state index contributed by atoms with van der Waals surface area (Å²) in [6.07, 6.45) is 3.06. The molecule has 3 nitrogen and oxygen atoms in total. The van der Waals surface area contributed by atoms with Crippen LogP contribution in [-0.4, -0.2) is 22.8 Å². The maximum Gasteiger partial charge on any atom is 0.198 e. The lowest BCUT2D eigenvalue weighted by molar-refractivity contribution is 0.609. The van der Waals surface area contributed by atoms with Crippen LogP contribution in [0.5, 0.6) is 0 Å². The minimum Gasteiger partial charge on any atom is -0.334 e. The molecule has 5 heteroatoms. The third-order valence-corrected chi connectivity index (χ3v) is 3.05. The van der Waals surface area contributed by atoms with Gasteiger partial charge in [-0.05, 0) is 18.5 Å². The van der Waals surface area contributed by atoms with Crippen molar-refractivity contribution < 1.29 is 0 Å². The summed E-state index contributed by atoms with van der Waals surface area (Å²) in [5, 5.41) is 4.39. The second-order valence-corrected chi connectivity index (χ2v) is 4.12. The third kappa shape index (κ3) is 1.77. The maximum absolute atomic E-state index is 5.05. The fourth-order valence-electron chi connectivity index (χ4n) is 1.51. The first-order valence-electron chi connectivity index (χ1n) is 4.18. The smallest absolute Gasteiger partial charge is 0.198 e. The van der Waals surface area contributed by atoms with E-state index in [-0.39, 0.29) is 0 Å². The van der Waals surface area contributed by atoms with Crippen molar-refractivity contribution in [1.29, 1.82) is 0 Å². The Kier molecular flexibility index (Phi) is 2.66. The van der Waals surface area contributed by atoms with Crippen molar-refractivity contribution in [1.82, 2.24) is 15.3 Å². The van der Waals surface area contributed by atoms with Crippen LogP contribution in [0.2, 0.25) is 0 Å². The lowest BCUT2D eigenvalue weighted by atomic mass is 10.1. The van der Waals surface area contributed by atoms with Crippen LogP contribution in [-0.2, 0) is 13.0 Å². The van der Waals surface area contributed by atoms with Crippen LogP contribution < -0.4 is 5.32 Å². The molecule has 2 N–H and O–H groups in total. The van der Waals surface area contributed by atoms with Crippen molar-refractivity contribution in [3.63, 3.8) is 0 Å². The van der Waals surface area contributed by atoms with Gasteiger partial charge in [0.25, 0.3) is 0 Å². The first-order valence-corrected chi connectivity index (χ1v) is 5.81. The molecule has 13 heavy (non-hydrogen) atoms. The van der Waals surface area contributed by atoms with Crippen LogP contribution in [0.15, 0.2) is 5.03 Å². The molecule has 2 rings (SSSR count). The highest BCUT2D eigenvalue weighted by atomic mass is 32.2. The molecule has 0 radical (unpaired) electrons. The molecule has 2 heterocycles. The van der Waals surface area contributed by atoms with Crippen molar-refractivity contribution in [2.45, 2.75) is 18.0 Å². The third-order valence-electron chi connectivity index (χ3n) is 2.13. The van der Waals surface area contributed by atoms with Crippen molar-refractivity contribution in [3.8, 4) is 0 Å². The number of fused-ring (bicyclic) bond motifs is 1. The van der Waals surface area contributed by atoms with Gasteiger partial charge in [0.2, 0.25) is 0 Å². The van der Waals surface area contributed by atoms with Gasteiger partial charge in [0.05, 0.1) is 0 Å². The second kappa shape index (κ2) is 3.77. The quantitative estimate of drug-likeness (QED) is 0.421. The molecule has 0 saturated heterocycles. The molecule has 0 spiro atoms. The fraction of sp³-hybridized carbons (Fsp3) is 0.500. The number of aromatic nitrogens is 2. The zero-order chi connectivity index (χ0) is 9.26. The number of thioether (sulfide) groups is 1. The van der Waals surface area contributed by atoms with Crippen LogP contribution in [0.1, 0.15) is 11.3 Å². The molecular weight excluding hydrogens is 202 g/mol. The van der Waals surface area contributed by atoms with Gasteiger partial charge in [0.15, 0.2) is 4.77 Å². The van der Waals surface area contributed by atoms with Gasteiger partial charge in [-0.2, -0.15) is 0 Å². The minimum absolute atomic E-state index is 0.602. The van der Waals surface area contributed by atoms with Crippen LogP contribution in [0.25, 0.3) is 0 Å². The normalized spacial score (nSPS) is 15.5. The molecule has 0 bridgehead atoms. The number of rotatable bonds is 1. The zero-order valence-corrected chi connectivity index (χ0v) is 9.02. The highest BCUT2D eigenvalue weighted by molar-refractivity contribution is 7.98. The molecule has 0 saturated carbocycles. The van der Waals surface area contributed by atoms with Crippen LogP contribution in [0.4, 0.5) is 0 Å². The molecule has 1 aliphatic rings. The van der Waals surface area contributed by atoms with E-state index < -0.39 is 0 Å². The Morgan fingerprint density at radius 1 is 1.54 bits per heavy atom. The Morgan fingerprint density at radius 3 is 3.15 bits per heavy atom. The van der Waals surface area contributed by atoms with E-state index in [1.165, 1.54) is 11.3 Å². The molecule has 1 aromatic rings. The summed E-state index contributed by atoms with van der Waals surface area (Å²) in [7, 11) is 0. The summed E-state index contributed by atoms with van der Waals surface area (Å²) in [5.74, 6) is 0. The maximum atomic E-state index is 5.05. The Labute approximate surface area is 86.4 Å². The van der Waals surface area contributed by atoms with Gasteiger partial charge in [0.1, 0.15) is 5.03 Å². The monoisotopic (exact) mass is 213 g/mol. The number of nitrogens with zero attached hydrogens (tertiary/aromatic N) is 1. The van der Waals surface area contributed by atoms with Crippen molar-refractivity contribution >= 4 is 24.0 Å². The molecule has 0 amide bonds. The van der Waals surface area contributed by atoms with E-state index in [1.807, 2.05) is 6.26 Å². The highest BCUT2D eigenvalue weighted by Gasteiger charge is 2.13. The van der Waals surface area contributed by atoms with Gasteiger partial charge in [-0.25, -0.2) is 4.98 Å². The van der Waals surface area contributed by atoms with E-state index in [1.54, 1.807) is 11.8 Å². The summed E-state index contributed by atoms with van der Waals surface area (Å²) >= 11 is 6.71. The largest absolute Gasteiger partial charge is 0.334 e. The highest BCUT2D eigenvalue weighted by Crippen LogP contribution is 2.21. The van der Waals surface area contributed by atoms with Gasteiger partial charge in [0, 0.05) is 30.8 Å². The summed E-state index contributed by atoms with van der Waals surface area (Å²) in [5.41, 5.74) is 2.54. The topological polar surface area (TPSA) is 40.7 Å². The van der Waals surface area contributed by atoms with E-state index in [0.29, 0.717) is 4.77 Å². The predicted octanol–water partition coefficient (Wildman–Crippen LogP) is 1.51. The number of aromatic amines is 1. The second-order valence-electron chi connectivity index (χ2n) is 2.94. The van der Waals surface area contributed by atoms with Crippen LogP contribution >= 0.6 is 24.0 Å². The molecule has 1 aliphatic heterocycles. The van der Waals surface area contributed by atoms with Crippen LogP contribution in [0.3, 0.4) is 0 Å². The van der Waals surface area contributed by atoms with Crippen molar-refractivity contribution in [3.05, 3.63) is 16.0 Å². The Hall–Kier alpha value is -0.390. The van der Waals surface area contributed by atoms with Gasteiger partial charge in [-0.3, -0.25) is 0 Å². The number of nitrogens with one attached hydrogen (secondary N) is 2. The lowest BCUT2D eigenvalue weighted by Crippen LogP contribution is -2.25. The van der Waals surface area contributed by atoms with Gasteiger partial charge in [-0.1, -0.05) is 0 Å². The zero-order valence-electron chi connectivity index (χ0n) is 7.39. The average molecular weight is 213 g/mol. The van der Waals surface area contributed by atoms with Crippen molar-refractivity contribution in [2.75, 3.05) is 12.8 Å². The van der Waals surface area contributed by atoms with E-state index in [4.69, 9.17) is 12.2 Å². The molecule has 1 aromatic heterocycles. The number of hydrogen-bond donors (Lipinski definition) is 2. The molecular formula is C8H11N3S2. The Bertz CT molecular complexity index is 352. The lowest BCUT2D eigenvalue weighted by Gasteiger charge is -2.18. The first-order chi connectivity index (χ1) is 6.31. The molecule has 0 atom stereocenters. The van der Waals surface area contributed by atoms with E-state index in [9.17, 15) is 0 Å². The molecule has 0 fully saturated rings. The SMILES string of the molecule is CSc1nc(=S)[nH]c2c1CNCC2. The predicted molar refractivity (Wildman–Crippen MR) is 56.6 cm³/mol. The number of hydrogen-bond acceptors (Lipinski definition) is 4. The summed E-state index contributed by atoms with van der Waals surface area (Å²) in [6, 6.07) is 0. The average Bonchev–Trinajstić information content (AvgIpc) is 2.16. The van der Waals surface area contributed by atoms with Crippen molar-refractivity contribution in [2.24, 2.45) is 0 Å². The molecule has 0 aromatic carbocycles. The summed E-state index contributed by atoms with van der Waals surface area (Å²) in [4.78, 5) is 7.44. The van der Waals surface area contributed by atoms with Gasteiger partial charge in [-0.15, -0.1) is 11.8 Å². The standard InChI is InChI=1S/C8H11N3S2/c1-13-7-5-4-9-3-2-6(5)10-8(12)11-7/h9H,2-4H2,1H3,(H,10,11,12). The van der Waals surface area contributed by atoms with E-state index in [0.717, 1.165) is 24.5 Å². The molecule has 0 aliphatic carbocycles. The fourth-order valence-corrected chi connectivity index (χ4v) is 2.41. The number of H-pyrrole nitrogens is 1. The van der Waals surface area contributed by atoms with Gasteiger partial charge < -0.3 is 10.3 Å². The minimum atomic E-state index is 0.602. The Balaban J connectivity index is 2.57. The Morgan fingerprint density at radius 2 is 2.38 bits per heavy atom. The summed E-state index contributed by atoms with van der Waals surface area (Å²) < 4.78 is 0.602. The van der Waals surface area contributed by atoms with E-state index in [2.05, 4.69) is 15.3 Å². The summed E-state index contributed by atoms with van der Waals surface area (Å²) in [6.45, 7) is 1.93. The first kappa shape index (κ1) is 9.18. The van der Waals surface area contributed by atoms with Gasteiger partial charge >= 0.3 is 0 Å². The molecule has 70 valence electrons.